The van der Waals surface area contributed by atoms with E-state index in [0.29, 0.717) is 19.3 Å². The van der Waals surface area contributed by atoms with E-state index >= 15 is 0 Å². The fraction of sp³-hybridized carbons (Fsp3) is 0.538. The molecular formula is C13H17FN2O2. The smallest absolute Gasteiger partial charge is 0.256 e. The van der Waals surface area contributed by atoms with E-state index in [1.54, 1.807) is 0 Å². The SMILES string of the molecule is O=C(NCCOC1CCCC1)c1cccnc1F. The molecule has 1 N–H and O–H groups in total. The van der Waals surface area contributed by atoms with E-state index in [2.05, 4.69) is 10.3 Å². The van der Waals surface area contributed by atoms with Crippen LogP contribution >= 0.6 is 0 Å². The second kappa shape index (κ2) is 6.44. The highest BCUT2D eigenvalue weighted by atomic mass is 19.1. The highest BCUT2D eigenvalue weighted by molar-refractivity contribution is 5.94. The highest BCUT2D eigenvalue weighted by Gasteiger charge is 2.15. The van der Waals surface area contributed by atoms with Gasteiger partial charge >= 0.3 is 0 Å². The van der Waals surface area contributed by atoms with Gasteiger partial charge in [0.15, 0.2) is 0 Å². The van der Waals surface area contributed by atoms with Crippen LogP contribution in [0.5, 0.6) is 0 Å². The number of nitrogens with one attached hydrogen (secondary N) is 1. The Bertz CT molecular complexity index is 406. The molecule has 1 aromatic rings. The average Bonchev–Trinajstić information content (AvgIpc) is 2.88. The van der Waals surface area contributed by atoms with Gasteiger partial charge in [0.05, 0.1) is 18.3 Å². The minimum Gasteiger partial charge on any atom is -0.376 e. The summed E-state index contributed by atoms with van der Waals surface area (Å²) in [6, 6.07) is 2.95. The van der Waals surface area contributed by atoms with Crippen LogP contribution in [-0.4, -0.2) is 30.1 Å². The van der Waals surface area contributed by atoms with Crippen molar-refractivity contribution < 1.29 is 13.9 Å². The van der Waals surface area contributed by atoms with E-state index in [0.717, 1.165) is 12.8 Å². The van der Waals surface area contributed by atoms with E-state index in [1.807, 2.05) is 0 Å². The van der Waals surface area contributed by atoms with Gasteiger partial charge in [0.1, 0.15) is 0 Å². The monoisotopic (exact) mass is 252 g/mol. The molecule has 0 bridgehead atoms. The van der Waals surface area contributed by atoms with Gasteiger partial charge in [-0.1, -0.05) is 12.8 Å². The molecule has 0 atom stereocenters. The Kier molecular flexibility index (Phi) is 4.64. The lowest BCUT2D eigenvalue weighted by atomic mass is 10.2. The van der Waals surface area contributed by atoms with E-state index in [4.69, 9.17) is 4.74 Å². The van der Waals surface area contributed by atoms with Gasteiger partial charge in [-0.05, 0) is 25.0 Å². The second-order valence-electron chi connectivity index (χ2n) is 4.37. The van der Waals surface area contributed by atoms with E-state index in [1.165, 1.54) is 31.2 Å². The summed E-state index contributed by atoms with van der Waals surface area (Å²) in [5.41, 5.74) is -0.0293. The van der Waals surface area contributed by atoms with Crippen molar-refractivity contribution in [2.45, 2.75) is 31.8 Å². The third-order valence-corrected chi connectivity index (χ3v) is 3.05. The number of halogens is 1. The maximum absolute atomic E-state index is 13.2. The molecule has 0 aliphatic heterocycles. The van der Waals surface area contributed by atoms with Crippen LogP contribution in [0.2, 0.25) is 0 Å². The van der Waals surface area contributed by atoms with Crippen LogP contribution < -0.4 is 5.32 Å². The van der Waals surface area contributed by atoms with Crippen LogP contribution in [0.15, 0.2) is 18.3 Å². The molecule has 0 unspecified atom stereocenters. The third kappa shape index (κ3) is 3.50. The Morgan fingerprint density at radius 2 is 2.28 bits per heavy atom. The Balaban J connectivity index is 1.70. The van der Waals surface area contributed by atoms with Crippen molar-refractivity contribution in [3.05, 3.63) is 29.8 Å². The predicted octanol–water partition coefficient (Wildman–Crippen LogP) is 1.91. The Labute approximate surface area is 106 Å². The standard InChI is InChI=1S/C13H17FN2O2/c14-12-11(6-3-7-15-12)13(17)16-8-9-18-10-4-1-2-5-10/h3,6-7,10H,1-2,4-5,8-9H2,(H,16,17). The average molecular weight is 252 g/mol. The molecule has 1 heterocycles. The van der Waals surface area contributed by atoms with Crippen LogP contribution in [0, 0.1) is 5.95 Å². The molecule has 0 saturated heterocycles. The highest BCUT2D eigenvalue weighted by Crippen LogP contribution is 2.20. The molecule has 1 fully saturated rings. The van der Waals surface area contributed by atoms with Gasteiger partial charge in [0.25, 0.3) is 5.91 Å². The summed E-state index contributed by atoms with van der Waals surface area (Å²) in [5, 5.41) is 2.62. The molecule has 1 saturated carbocycles. The summed E-state index contributed by atoms with van der Waals surface area (Å²) in [6.07, 6.45) is 6.29. The first-order valence-electron chi connectivity index (χ1n) is 6.27. The lowest BCUT2D eigenvalue weighted by molar-refractivity contribution is 0.0581. The van der Waals surface area contributed by atoms with Gasteiger partial charge in [-0.3, -0.25) is 4.79 Å². The first kappa shape index (κ1) is 13.0. The molecule has 5 heteroatoms. The van der Waals surface area contributed by atoms with Gasteiger partial charge in [-0.25, -0.2) is 4.98 Å². The summed E-state index contributed by atoms with van der Waals surface area (Å²) >= 11 is 0. The summed E-state index contributed by atoms with van der Waals surface area (Å²) < 4.78 is 18.8. The molecule has 98 valence electrons. The van der Waals surface area contributed by atoms with Crippen LogP contribution in [0.1, 0.15) is 36.0 Å². The number of carbonyl (C=O) groups excluding carboxylic acids is 1. The number of carbonyl (C=O) groups is 1. The van der Waals surface area contributed by atoms with Crippen molar-refractivity contribution >= 4 is 5.91 Å². The summed E-state index contributed by atoms with van der Waals surface area (Å²) in [7, 11) is 0. The van der Waals surface area contributed by atoms with Crippen LogP contribution in [-0.2, 0) is 4.74 Å². The number of rotatable bonds is 5. The lowest BCUT2D eigenvalue weighted by Gasteiger charge is -2.11. The molecule has 0 radical (unpaired) electrons. The molecule has 2 rings (SSSR count). The second-order valence-corrected chi connectivity index (χ2v) is 4.37. The lowest BCUT2D eigenvalue weighted by Crippen LogP contribution is -2.29. The summed E-state index contributed by atoms with van der Waals surface area (Å²) in [4.78, 5) is 15.0. The van der Waals surface area contributed by atoms with E-state index < -0.39 is 11.9 Å². The van der Waals surface area contributed by atoms with E-state index in [-0.39, 0.29) is 5.56 Å². The van der Waals surface area contributed by atoms with Crippen molar-refractivity contribution in [3.63, 3.8) is 0 Å². The minimum absolute atomic E-state index is 0.0293. The third-order valence-electron chi connectivity index (χ3n) is 3.05. The number of hydrogen-bond donors (Lipinski definition) is 1. The van der Waals surface area contributed by atoms with Crippen LogP contribution in [0.4, 0.5) is 4.39 Å². The van der Waals surface area contributed by atoms with Crippen molar-refractivity contribution in [1.82, 2.24) is 10.3 Å². The van der Waals surface area contributed by atoms with Crippen molar-refractivity contribution in [3.8, 4) is 0 Å². The first-order chi connectivity index (χ1) is 8.77. The largest absolute Gasteiger partial charge is 0.376 e. The maximum atomic E-state index is 13.2. The molecule has 1 aromatic heterocycles. The minimum atomic E-state index is -0.744. The Morgan fingerprint density at radius 3 is 3.00 bits per heavy atom. The molecule has 1 amide bonds. The van der Waals surface area contributed by atoms with Gasteiger partial charge in [-0.2, -0.15) is 4.39 Å². The molecular weight excluding hydrogens is 235 g/mol. The van der Waals surface area contributed by atoms with Crippen LogP contribution in [0.3, 0.4) is 0 Å². The molecule has 1 aliphatic carbocycles. The molecule has 4 nitrogen and oxygen atoms in total. The molecule has 1 aliphatic rings. The Hall–Kier alpha value is -1.49. The Morgan fingerprint density at radius 1 is 1.50 bits per heavy atom. The van der Waals surface area contributed by atoms with Gasteiger partial charge in [0, 0.05) is 12.7 Å². The maximum Gasteiger partial charge on any atom is 0.256 e. The number of aromatic nitrogens is 1. The zero-order valence-corrected chi connectivity index (χ0v) is 10.2. The topological polar surface area (TPSA) is 51.2 Å². The molecule has 0 spiro atoms. The number of nitrogens with zero attached hydrogens (tertiary/aromatic N) is 1. The van der Waals surface area contributed by atoms with Gasteiger partial charge in [-0.15, -0.1) is 0 Å². The van der Waals surface area contributed by atoms with Crippen molar-refractivity contribution in [1.29, 1.82) is 0 Å². The number of ether oxygens (including phenoxy) is 1. The summed E-state index contributed by atoms with van der Waals surface area (Å²) in [5.74, 6) is -1.19. The van der Waals surface area contributed by atoms with Crippen molar-refractivity contribution in [2.24, 2.45) is 0 Å². The first-order valence-corrected chi connectivity index (χ1v) is 6.27. The van der Waals surface area contributed by atoms with Gasteiger partial charge < -0.3 is 10.1 Å². The number of amides is 1. The predicted molar refractivity (Wildman–Crippen MR) is 64.7 cm³/mol. The van der Waals surface area contributed by atoms with Gasteiger partial charge in [0.2, 0.25) is 5.95 Å². The quantitative estimate of drug-likeness (QED) is 0.643. The molecule has 18 heavy (non-hydrogen) atoms. The zero-order chi connectivity index (χ0) is 12.8. The zero-order valence-electron chi connectivity index (χ0n) is 10.2. The van der Waals surface area contributed by atoms with Crippen LogP contribution in [0.25, 0.3) is 0 Å². The fourth-order valence-corrected chi connectivity index (χ4v) is 2.10. The summed E-state index contributed by atoms with van der Waals surface area (Å²) in [6.45, 7) is 0.863. The molecule has 0 aromatic carbocycles. The fourth-order valence-electron chi connectivity index (χ4n) is 2.10. The number of pyridine rings is 1. The normalized spacial score (nSPS) is 15.8. The van der Waals surface area contributed by atoms with Crippen molar-refractivity contribution in [2.75, 3.05) is 13.2 Å². The van der Waals surface area contributed by atoms with E-state index in [9.17, 15) is 9.18 Å². The number of hydrogen-bond acceptors (Lipinski definition) is 3.